The third kappa shape index (κ3) is 38.0. The van der Waals surface area contributed by atoms with Gasteiger partial charge in [0.2, 0.25) is 0 Å². The van der Waals surface area contributed by atoms with Crippen molar-refractivity contribution in [2.75, 3.05) is 0 Å². The van der Waals surface area contributed by atoms with Gasteiger partial charge in [0.15, 0.2) is 0 Å². The van der Waals surface area contributed by atoms with Crippen molar-refractivity contribution in [3.63, 3.8) is 0 Å². The molecule has 0 aromatic carbocycles. The summed E-state index contributed by atoms with van der Waals surface area (Å²) in [6.07, 6.45) is 60.3. The van der Waals surface area contributed by atoms with Gasteiger partial charge in [0.25, 0.3) is 0 Å². The smallest absolute Gasteiger partial charge is 0.0797 e. The van der Waals surface area contributed by atoms with Crippen molar-refractivity contribution < 1.29 is 5.11 Å². The minimum absolute atomic E-state index is 0.0479. The minimum Gasteiger partial charge on any atom is -0.388 e. The Morgan fingerprint density at radius 2 is 0.510 bits per heavy atom. The van der Waals surface area contributed by atoms with Crippen molar-refractivity contribution in [1.29, 1.82) is 0 Å². The number of nitrogens with two attached hydrogens (primary N) is 1. The Bertz CT molecular complexity index is 621. The highest BCUT2D eigenvalue weighted by molar-refractivity contribution is 4.89. The van der Waals surface area contributed by atoms with Crippen molar-refractivity contribution in [3.05, 3.63) is 0 Å². The molecule has 0 aromatic rings. The standard InChI is InChI=1S/C49H101NO/c1-4-7-9-11-13-15-17-19-21-23-25-27-29-31-33-35-37-39-41-43-45-48(50)49(51,46-6-3)47-44-42-40-38-36-34-32-30-28-26-24-22-20-18-16-14-12-10-8-5-2/h48,51H,4-47,50H2,1-3H3. The first-order valence-corrected chi connectivity index (χ1v) is 24.6. The number of unbranched alkanes of at least 4 members (excludes halogenated alkanes) is 38. The van der Waals surface area contributed by atoms with Gasteiger partial charge in [0.05, 0.1) is 5.60 Å². The molecular weight excluding hydrogens is 619 g/mol. The van der Waals surface area contributed by atoms with Crippen LogP contribution in [0.5, 0.6) is 0 Å². The van der Waals surface area contributed by atoms with Gasteiger partial charge in [-0.3, -0.25) is 0 Å². The van der Waals surface area contributed by atoms with E-state index in [4.69, 9.17) is 5.73 Å². The quantitative estimate of drug-likeness (QED) is 0.0616. The van der Waals surface area contributed by atoms with Gasteiger partial charge in [0.1, 0.15) is 0 Å². The third-order valence-corrected chi connectivity index (χ3v) is 12.2. The molecule has 2 unspecified atom stereocenters. The first-order chi connectivity index (χ1) is 25.1. The van der Waals surface area contributed by atoms with E-state index in [0.29, 0.717) is 0 Å². The van der Waals surface area contributed by atoms with Gasteiger partial charge in [0, 0.05) is 6.04 Å². The van der Waals surface area contributed by atoms with E-state index in [1.54, 1.807) is 0 Å². The molecule has 0 rings (SSSR count). The van der Waals surface area contributed by atoms with E-state index in [2.05, 4.69) is 20.8 Å². The lowest BCUT2D eigenvalue weighted by Crippen LogP contribution is -2.48. The molecule has 0 fully saturated rings. The van der Waals surface area contributed by atoms with Gasteiger partial charge in [-0.05, 0) is 19.3 Å². The number of hydrogen-bond acceptors (Lipinski definition) is 2. The van der Waals surface area contributed by atoms with E-state index >= 15 is 0 Å². The lowest BCUT2D eigenvalue weighted by Gasteiger charge is -2.34. The first-order valence-electron chi connectivity index (χ1n) is 24.6. The lowest BCUT2D eigenvalue weighted by atomic mass is 9.82. The monoisotopic (exact) mass is 720 g/mol. The van der Waals surface area contributed by atoms with Crippen LogP contribution >= 0.6 is 0 Å². The molecule has 0 aromatic heterocycles. The second-order valence-electron chi connectivity index (χ2n) is 17.4. The molecule has 51 heavy (non-hydrogen) atoms. The van der Waals surface area contributed by atoms with Crippen LogP contribution in [0, 0.1) is 0 Å². The van der Waals surface area contributed by atoms with Crippen LogP contribution in [0.3, 0.4) is 0 Å². The normalized spacial score (nSPS) is 13.6. The van der Waals surface area contributed by atoms with E-state index < -0.39 is 5.60 Å². The van der Waals surface area contributed by atoms with Crippen molar-refractivity contribution in [1.82, 2.24) is 0 Å². The predicted molar refractivity (Wildman–Crippen MR) is 233 cm³/mol. The zero-order valence-corrected chi connectivity index (χ0v) is 36.2. The molecule has 0 aliphatic carbocycles. The van der Waals surface area contributed by atoms with Crippen molar-refractivity contribution >= 4 is 0 Å². The van der Waals surface area contributed by atoms with Crippen LogP contribution in [0.1, 0.15) is 303 Å². The Kier molecular flexibility index (Phi) is 42.6. The van der Waals surface area contributed by atoms with Crippen LogP contribution in [-0.2, 0) is 0 Å². The number of aliphatic hydroxyl groups is 1. The van der Waals surface area contributed by atoms with Crippen LogP contribution in [0.25, 0.3) is 0 Å². The van der Waals surface area contributed by atoms with Gasteiger partial charge >= 0.3 is 0 Å². The Labute approximate surface area is 324 Å². The van der Waals surface area contributed by atoms with Gasteiger partial charge in [-0.15, -0.1) is 0 Å². The van der Waals surface area contributed by atoms with Gasteiger partial charge in [-0.2, -0.15) is 0 Å². The van der Waals surface area contributed by atoms with E-state index in [1.165, 1.54) is 250 Å². The first kappa shape index (κ1) is 50.9. The average Bonchev–Trinajstić information content (AvgIpc) is 3.13. The molecule has 0 heterocycles. The summed E-state index contributed by atoms with van der Waals surface area (Å²) >= 11 is 0. The molecule has 0 radical (unpaired) electrons. The zero-order valence-electron chi connectivity index (χ0n) is 36.2. The molecule has 0 saturated heterocycles. The minimum atomic E-state index is -0.642. The molecule has 308 valence electrons. The molecule has 2 atom stereocenters. The maximum atomic E-state index is 11.5. The maximum absolute atomic E-state index is 11.5. The highest BCUT2D eigenvalue weighted by Crippen LogP contribution is 2.27. The van der Waals surface area contributed by atoms with E-state index in [1.807, 2.05) is 0 Å². The Balaban J connectivity index is 3.54. The Morgan fingerprint density at radius 1 is 0.294 bits per heavy atom. The summed E-state index contributed by atoms with van der Waals surface area (Å²) in [6.45, 7) is 6.81. The highest BCUT2D eigenvalue weighted by Gasteiger charge is 2.32. The Hall–Kier alpha value is -0.0800. The molecule has 0 aliphatic rings. The molecule has 2 nitrogen and oxygen atoms in total. The summed E-state index contributed by atoms with van der Waals surface area (Å²) in [6, 6.07) is -0.0479. The van der Waals surface area contributed by atoms with E-state index in [0.717, 1.165) is 32.1 Å². The molecule has 0 saturated carbocycles. The average molecular weight is 720 g/mol. The maximum Gasteiger partial charge on any atom is 0.0797 e. The molecule has 3 N–H and O–H groups in total. The fraction of sp³-hybridized carbons (Fsp3) is 1.00. The van der Waals surface area contributed by atoms with Crippen LogP contribution < -0.4 is 5.73 Å². The van der Waals surface area contributed by atoms with Crippen molar-refractivity contribution in [2.24, 2.45) is 5.73 Å². The number of hydrogen-bond donors (Lipinski definition) is 2. The topological polar surface area (TPSA) is 46.2 Å². The van der Waals surface area contributed by atoms with Gasteiger partial charge in [-0.25, -0.2) is 0 Å². The summed E-state index contributed by atoms with van der Waals surface area (Å²) in [5, 5.41) is 11.5. The van der Waals surface area contributed by atoms with Crippen LogP contribution in [0.2, 0.25) is 0 Å². The summed E-state index contributed by atoms with van der Waals surface area (Å²) in [5.41, 5.74) is 6.01. The van der Waals surface area contributed by atoms with Crippen LogP contribution in [-0.4, -0.2) is 16.7 Å². The highest BCUT2D eigenvalue weighted by atomic mass is 16.3. The fourth-order valence-corrected chi connectivity index (χ4v) is 8.50. The lowest BCUT2D eigenvalue weighted by molar-refractivity contribution is -0.00829. The fourth-order valence-electron chi connectivity index (χ4n) is 8.50. The van der Waals surface area contributed by atoms with Crippen molar-refractivity contribution in [3.8, 4) is 0 Å². The Morgan fingerprint density at radius 3 is 0.745 bits per heavy atom. The molecule has 0 aliphatic heterocycles. The van der Waals surface area contributed by atoms with E-state index in [-0.39, 0.29) is 6.04 Å². The molecule has 0 spiro atoms. The zero-order chi connectivity index (χ0) is 37.2. The second-order valence-corrected chi connectivity index (χ2v) is 17.4. The van der Waals surface area contributed by atoms with Gasteiger partial charge < -0.3 is 10.8 Å². The second kappa shape index (κ2) is 42.7. The molecule has 2 heteroatoms. The third-order valence-electron chi connectivity index (χ3n) is 12.2. The number of rotatable bonds is 45. The van der Waals surface area contributed by atoms with Crippen LogP contribution in [0.4, 0.5) is 0 Å². The van der Waals surface area contributed by atoms with Crippen molar-refractivity contribution in [2.45, 2.75) is 315 Å². The molecular formula is C49H101NO. The SMILES string of the molecule is CCCCCCCCCCCCCCCCCCCCCCC(N)C(O)(CCC)CCCCCCCCCCCCCCCCCCCCCC. The summed E-state index contributed by atoms with van der Waals surface area (Å²) in [4.78, 5) is 0. The van der Waals surface area contributed by atoms with E-state index in [9.17, 15) is 5.11 Å². The van der Waals surface area contributed by atoms with Crippen LogP contribution in [0.15, 0.2) is 0 Å². The summed E-state index contributed by atoms with van der Waals surface area (Å²) < 4.78 is 0. The largest absolute Gasteiger partial charge is 0.388 e. The summed E-state index contributed by atoms with van der Waals surface area (Å²) in [5.74, 6) is 0. The predicted octanol–water partition coefficient (Wildman–Crippen LogP) is 17.3. The van der Waals surface area contributed by atoms with Gasteiger partial charge in [-0.1, -0.05) is 284 Å². The molecule has 0 amide bonds. The summed E-state index contributed by atoms with van der Waals surface area (Å²) in [7, 11) is 0. The molecule has 0 bridgehead atoms.